The summed E-state index contributed by atoms with van der Waals surface area (Å²) in [5.41, 5.74) is 1.05. The first-order valence-corrected chi connectivity index (χ1v) is 3.82. The first kappa shape index (κ1) is 8.27. The van der Waals surface area contributed by atoms with Gasteiger partial charge in [-0.2, -0.15) is 0 Å². The van der Waals surface area contributed by atoms with Gasteiger partial charge in [0.2, 0.25) is 0 Å². The summed E-state index contributed by atoms with van der Waals surface area (Å²) in [4.78, 5) is 12.5. The topological polar surface area (TPSA) is 40.5 Å². The molecule has 1 amide bonds. The first-order valence-electron chi connectivity index (χ1n) is 3.82. The van der Waals surface area contributed by atoms with Gasteiger partial charge < -0.3 is 10.0 Å². The van der Waals surface area contributed by atoms with E-state index >= 15 is 0 Å². The van der Waals surface area contributed by atoms with Crippen molar-refractivity contribution in [3.8, 4) is 0 Å². The monoisotopic (exact) mass is 155 g/mol. The second-order valence-electron chi connectivity index (χ2n) is 2.70. The van der Waals surface area contributed by atoms with Crippen LogP contribution in [0.25, 0.3) is 0 Å². The number of allylic oxidation sites excluding steroid dienone is 2. The Morgan fingerprint density at radius 2 is 2.55 bits per heavy atom. The average molecular weight is 155 g/mol. The lowest BCUT2D eigenvalue weighted by atomic mass is 10.3. The fraction of sp³-hybridized carbons (Fsp3) is 0.625. The van der Waals surface area contributed by atoms with Gasteiger partial charge in [-0.05, 0) is 19.3 Å². The Bertz CT molecular complexity index is 187. The molecule has 1 aliphatic carbocycles. The number of aliphatic hydroxyl groups excluding tert-OH is 1. The highest BCUT2D eigenvalue weighted by atomic mass is 16.3. The van der Waals surface area contributed by atoms with Crippen LogP contribution in [0, 0.1) is 0 Å². The zero-order valence-corrected chi connectivity index (χ0v) is 6.71. The molecule has 0 atom stereocenters. The van der Waals surface area contributed by atoms with Gasteiger partial charge in [-0.25, -0.2) is 0 Å². The van der Waals surface area contributed by atoms with Crippen LogP contribution in [0.1, 0.15) is 19.3 Å². The summed E-state index contributed by atoms with van der Waals surface area (Å²) in [6.45, 7) is -0.395. The number of carbonyl (C=O) groups is 1. The van der Waals surface area contributed by atoms with Crippen LogP contribution < -0.4 is 0 Å². The quantitative estimate of drug-likeness (QED) is 0.631. The van der Waals surface area contributed by atoms with Crippen LogP contribution >= 0.6 is 0 Å². The van der Waals surface area contributed by atoms with Crippen molar-refractivity contribution in [3.63, 3.8) is 0 Å². The van der Waals surface area contributed by atoms with Gasteiger partial charge in [0.05, 0.1) is 0 Å². The molecule has 0 aromatic rings. The predicted molar refractivity (Wildman–Crippen MR) is 41.8 cm³/mol. The lowest BCUT2D eigenvalue weighted by Gasteiger charge is -2.16. The van der Waals surface area contributed by atoms with E-state index in [1.165, 1.54) is 4.90 Å². The smallest absolute Gasteiger partial charge is 0.252 e. The van der Waals surface area contributed by atoms with Crippen molar-refractivity contribution in [2.75, 3.05) is 13.7 Å². The lowest BCUT2D eigenvalue weighted by molar-refractivity contribution is -0.131. The van der Waals surface area contributed by atoms with Crippen molar-refractivity contribution >= 4 is 5.91 Å². The third-order valence-electron chi connectivity index (χ3n) is 1.96. The van der Waals surface area contributed by atoms with E-state index in [9.17, 15) is 4.79 Å². The molecule has 3 nitrogen and oxygen atoms in total. The Balaban J connectivity index is 2.52. The Labute approximate surface area is 66.3 Å². The van der Waals surface area contributed by atoms with E-state index < -0.39 is 6.61 Å². The molecule has 0 aliphatic heterocycles. The summed E-state index contributed by atoms with van der Waals surface area (Å²) >= 11 is 0. The number of likely N-dealkylation sites (N-methyl/N-ethyl adjacent to an activating group) is 1. The SMILES string of the molecule is CN(C(=O)CO)C1=CCCC1. The van der Waals surface area contributed by atoms with E-state index in [2.05, 4.69) is 0 Å². The zero-order chi connectivity index (χ0) is 8.27. The van der Waals surface area contributed by atoms with Gasteiger partial charge in [-0.3, -0.25) is 4.79 Å². The van der Waals surface area contributed by atoms with E-state index in [1.54, 1.807) is 7.05 Å². The minimum absolute atomic E-state index is 0.224. The number of rotatable bonds is 2. The summed E-state index contributed by atoms with van der Waals surface area (Å²) < 4.78 is 0. The molecule has 0 heterocycles. The van der Waals surface area contributed by atoms with E-state index in [1.807, 2.05) is 6.08 Å². The maximum Gasteiger partial charge on any atom is 0.252 e. The van der Waals surface area contributed by atoms with Gasteiger partial charge in [-0.15, -0.1) is 0 Å². The summed E-state index contributed by atoms with van der Waals surface area (Å²) in [5, 5.41) is 8.55. The van der Waals surface area contributed by atoms with Crippen molar-refractivity contribution in [3.05, 3.63) is 11.8 Å². The largest absolute Gasteiger partial charge is 0.387 e. The summed E-state index contributed by atoms with van der Waals surface area (Å²) in [7, 11) is 1.70. The van der Waals surface area contributed by atoms with Crippen LogP contribution in [0.3, 0.4) is 0 Å². The van der Waals surface area contributed by atoms with Crippen LogP contribution in [-0.4, -0.2) is 29.6 Å². The van der Waals surface area contributed by atoms with Crippen LogP contribution in [-0.2, 0) is 4.79 Å². The molecule has 0 aromatic carbocycles. The number of nitrogens with zero attached hydrogens (tertiary/aromatic N) is 1. The number of amides is 1. The third-order valence-corrected chi connectivity index (χ3v) is 1.96. The molecule has 1 N–H and O–H groups in total. The maximum absolute atomic E-state index is 10.9. The molecule has 1 rings (SSSR count). The molecule has 0 spiro atoms. The predicted octanol–water partition coefficient (Wildman–Crippen LogP) is 0.505. The van der Waals surface area contributed by atoms with Crippen LogP contribution in [0.5, 0.6) is 0 Å². The van der Waals surface area contributed by atoms with Gasteiger partial charge in [0.25, 0.3) is 5.91 Å². The van der Waals surface area contributed by atoms with E-state index in [0.717, 1.165) is 25.0 Å². The van der Waals surface area contributed by atoms with Crippen LogP contribution in [0.4, 0.5) is 0 Å². The van der Waals surface area contributed by atoms with Gasteiger partial charge in [0.1, 0.15) is 6.61 Å². The minimum atomic E-state index is -0.395. The number of hydrogen-bond donors (Lipinski definition) is 1. The fourth-order valence-electron chi connectivity index (χ4n) is 1.22. The molecule has 11 heavy (non-hydrogen) atoms. The van der Waals surface area contributed by atoms with E-state index in [4.69, 9.17) is 5.11 Å². The van der Waals surface area contributed by atoms with Crippen molar-refractivity contribution in [2.45, 2.75) is 19.3 Å². The Kier molecular flexibility index (Phi) is 2.65. The van der Waals surface area contributed by atoms with Crippen LogP contribution in [0.15, 0.2) is 11.8 Å². The lowest BCUT2D eigenvalue weighted by Crippen LogP contribution is -2.27. The molecule has 0 bridgehead atoms. The molecule has 3 heteroatoms. The Hall–Kier alpha value is -0.830. The standard InChI is InChI=1S/C8H13NO2/c1-9(8(11)6-10)7-4-2-3-5-7/h4,10H,2-3,5-6H2,1H3. The van der Waals surface area contributed by atoms with Gasteiger partial charge in [0, 0.05) is 12.7 Å². The van der Waals surface area contributed by atoms with Gasteiger partial charge in [0.15, 0.2) is 0 Å². The molecule has 0 fully saturated rings. The molecule has 1 aliphatic rings. The minimum Gasteiger partial charge on any atom is -0.387 e. The second kappa shape index (κ2) is 3.53. The number of aliphatic hydroxyl groups is 1. The first-order chi connectivity index (χ1) is 5.25. The number of hydrogen-bond acceptors (Lipinski definition) is 2. The maximum atomic E-state index is 10.9. The summed E-state index contributed by atoms with van der Waals surface area (Å²) in [5.74, 6) is -0.224. The van der Waals surface area contributed by atoms with Crippen LogP contribution in [0.2, 0.25) is 0 Å². The van der Waals surface area contributed by atoms with Crippen molar-refractivity contribution < 1.29 is 9.90 Å². The number of carbonyl (C=O) groups excluding carboxylic acids is 1. The van der Waals surface area contributed by atoms with Gasteiger partial charge >= 0.3 is 0 Å². The summed E-state index contributed by atoms with van der Waals surface area (Å²) in [6.07, 6.45) is 5.19. The highest BCUT2D eigenvalue weighted by molar-refractivity contribution is 5.78. The zero-order valence-electron chi connectivity index (χ0n) is 6.71. The molecule has 62 valence electrons. The summed E-state index contributed by atoms with van der Waals surface area (Å²) in [6, 6.07) is 0. The average Bonchev–Trinajstić information content (AvgIpc) is 2.53. The van der Waals surface area contributed by atoms with Gasteiger partial charge in [-0.1, -0.05) is 6.08 Å². The highest BCUT2D eigenvalue weighted by Crippen LogP contribution is 2.19. The normalized spacial score (nSPS) is 16.4. The van der Waals surface area contributed by atoms with E-state index in [0.29, 0.717) is 0 Å². The second-order valence-corrected chi connectivity index (χ2v) is 2.70. The molecular formula is C8H13NO2. The molecule has 0 saturated carbocycles. The highest BCUT2D eigenvalue weighted by Gasteiger charge is 2.14. The van der Waals surface area contributed by atoms with Crippen molar-refractivity contribution in [1.82, 2.24) is 4.90 Å². The third kappa shape index (κ3) is 1.80. The Morgan fingerprint density at radius 1 is 1.82 bits per heavy atom. The molecule has 0 radical (unpaired) electrons. The molecule has 0 unspecified atom stereocenters. The van der Waals surface area contributed by atoms with Crippen molar-refractivity contribution in [2.24, 2.45) is 0 Å². The van der Waals surface area contributed by atoms with E-state index in [-0.39, 0.29) is 5.91 Å². The molecule has 0 aromatic heterocycles. The molecule has 0 saturated heterocycles. The van der Waals surface area contributed by atoms with Crippen molar-refractivity contribution in [1.29, 1.82) is 0 Å². The Morgan fingerprint density at radius 3 is 3.00 bits per heavy atom. The fourth-order valence-corrected chi connectivity index (χ4v) is 1.22. The molecular weight excluding hydrogens is 142 g/mol.